The summed E-state index contributed by atoms with van der Waals surface area (Å²) in [7, 11) is 0. The van der Waals surface area contributed by atoms with Gasteiger partial charge in [-0.15, -0.1) is 0 Å². The molecule has 2 N–H and O–H groups in total. The van der Waals surface area contributed by atoms with Crippen LogP contribution in [0.2, 0.25) is 0 Å². The van der Waals surface area contributed by atoms with E-state index in [1.807, 2.05) is 0 Å². The first-order chi connectivity index (χ1) is 5.29. The van der Waals surface area contributed by atoms with E-state index in [1.54, 1.807) is 6.08 Å². The quantitative estimate of drug-likeness (QED) is 0.575. The lowest BCUT2D eigenvalue weighted by Crippen LogP contribution is -2.28. The molecule has 1 atom stereocenters. The van der Waals surface area contributed by atoms with E-state index in [0.717, 1.165) is 25.9 Å². The first-order valence-corrected chi connectivity index (χ1v) is 3.91. The van der Waals surface area contributed by atoms with E-state index in [-0.39, 0.29) is 0 Å². The highest BCUT2D eigenvalue weighted by molar-refractivity contribution is 5.79. The average molecular weight is 155 g/mol. The van der Waals surface area contributed by atoms with Gasteiger partial charge in [0.25, 0.3) is 0 Å². The Morgan fingerprint density at radius 1 is 1.64 bits per heavy atom. The number of hydrogen-bond donors (Lipinski definition) is 2. The summed E-state index contributed by atoms with van der Waals surface area (Å²) < 4.78 is 0. The van der Waals surface area contributed by atoms with Crippen LogP contribution in [0.15, 0.2) is 12.2 Å². The van der Waals surface area contributed by atoms with Gasteiger partial charge in [0.05, 0.1) is 0 Å². The lowest BCUT2D eigenvalue weighted by Gasteiger charge is -2.18. The molecule has 0 aromatic carbocycles. The predicted octanol–water partition coefficient (Wildman–Crippen LogP) is 0.627. The molecule has 1 aliphatic heterocycles. The van der Waals surface area contributed by atoms with Crippen molar-refractivity contribution in [1.82, 2.24) is 5.32 Å². The molecular formula is C8H13NO2. The van der Waals surface area contributed by atoms with E-state index in [0.29, 0.717) is 5.92 Å². The Labute approximate surface area is 66.1 Å². The second kappa shape index (κ2) is 4.13. The summed E-state index contributed by atoms with van der Waals surface area (Å²) in [4.78, 5) is 10.1. The molecule has 11 heavy (non-hydrogen) atoms. The Morgan fingerprint density at radius 2 is 2.45 bits per heavy atom. The van der Waals surface area contributed by atoms with Crippen LogP contribution in [-0.4, -0.2) is 24.2 Å². The zero-order valence-electron chi connectivity index (χ0n) is 6.42. The Morgan fingerprint density at radius 3 is 3.00 bits per heavy atom. The molecule has 0 radical (unpaired) electrons. The highest BCUT2D eigenvalue weighted by Gasteiger charge is 2.08. The molecule has 0 aliphatic carbocycles. The van der Waals surface area contributed by atoms with Gasteiger partial charge in [0.15, 0.2) is 0 Å². The van der Waals surface area contributed by atoms with Crippen molar-refractivity contribution in [2.75, 3.05) is 13.1 Å². The number of carbonyl (C=O) groups is 1. The van der Waals surface area contributed by atoms with Gasteiger partial charge in [-0.05, 0) is 25.3 Å². The minimum Gasteiger partial charge on any atom is -0.478 e. The summed E-state index contributed by atoms with van der Waals surface area (Å²) in [6.45, 7) is 1.99. The molecule has 1 saturated heterocycles. The van der Waals surface area contributed by atoms with Crippen LogP contribution >= 0.6 is 0 Å². The Bertz CT molecular complexity index is 159. The van der Waals surface area contributed by atoms with E-state index in [2.05, 4.69) is 5.32 Å². The molecule has 1 heterocycles. The van der Waals surface area contributed by atoms with Crippen molar-refractivity contribution >= 4 is 5.97 Å². The van der Waals surface area contributed by atoms with Crippen molar-refractivity contribution in [2.45, 2.75) is 12.8 Å². The van der Waals surface area contributed by atoms with Crippen LogP contribution in [0.1, 0.15) is 12.8 Å². The highest BCUT2D eigenvalue weighted by atomic mass is 16.4. The van der Waals surface area contributed by atoms with Crippen molar-refractivity contribution in [3.8, 4) is 0 Å². The van der Waals surface area contributed by atoms with Crippen molar-refractivity contribution < 1.29 is 9.90 Å². The number of carboxylic acid groups (broad SMARTS) is 1. The summed E-state index contributed by atoms with van der Waals surface area (Å²) in [5, 5.41) is 11.6. The summed E-state index contributed by atoms with van der Waals surface area (Å²) in [6, 6.07) is 0. The molecule has 3 nitrogen and oxygen atoms in total. The molecule has 3 heteroatoms. The molecule has 1 aliphatic rings. The molecule has 0 aromatic heterocycles. The van der Waals surface area contributed by atoms with Crippen LogP contribution in [0, 0.1) is 5.92 Å². The number of rotatable bonds is 2. The maximum Gasteiger partial charge on any atom is 0.327 e. The third-order valence-corrected chi connectivity index (χ3v) is 1.85. The van der Waals surface area contributed by atoms with Crippen molar-refractivity contribution in [1.29, 1.82) is 0 Å². The second-order valence-electron chi connectivity index (χ2n) is 2.80. The molecule has 1 fully saturated rings. The third-order valence-electron chi connectivity index (χ3n) is 1.85. The highest BCUT2D eigenvalue weighted by Crippen LogP contribution is 2.10. The van der Waals surface area contributed by atoms with Crippen LogP contribution in [0.3, 0.4) is 0 Å². The summed E-state index contributed by atoms with van der Waals surface area (Å²) in [5.41, 5.74) is 0. The predicted molar refractivity (Wildman–Crippen MR) is 42.4 cm³/mol. The molecule has 1 unspecified atom stereocenters. The van der Waals surface area contributed by atoms with Crippen molar-refractivity contribution in [3.05, 3.63) is 12.2 Å². The Kier molecular flexibility index (Phi) is 3.11. The van der Waals surface area contributed by atoms with E-state index < -0.39 is 5.97 Å². The molecule has 62 valence electrons. The average Bonchev–Trinajstić information content (AvgIpc) is 2.03. The smallest absolute Gasteiger partial charge is 0.327 e. The summed E-state index contributed by atoms with van der Waals surface area (Å²) >= 11 is 0. The minimum absolute atomic E-state index is 0.417. The molecule has 0 saturated carbocycles. The maximum atomic E-state index is 10.1. The monoisotopic (exact) mass is 155 g/mol. The zero-order chi connectivity index (χ0) is 8.10. The fourth-order valence-corrected chi connectivity index (χ4v) is 1.26. The fourth-order valence-electron chi connectivity index (χ4n) is 1.26. The van der Waals surface area contributed by atoms with E-state index in [9.17, 15) is 4.79 Å². The largest absolute Gasteiger partial charge is 0.478 e. The molecule has 0 spiro atoms. The molecular weight excluding hydrogens is 142 g/mol. The normalized spacial score (nSPS) is 25.6. The lowest BCUT2D eigenvalue weighted by atomic mass is 9.99. The Hall–Kier alpha value is -0.830. The van der Waals surface area contributed by atoms with Gasteiger partial charge in [-0.25, -0.2) is 4.79 Å². The molecule has 0 amide bonds. The van der Waals surface area contributed by atoms with Gasteiger partial charge in [0, 0.05) is 12.6 Å². The zero-order valence-corrected chi connectivity index (χ0v) is 6.42. The minimum atomic E-state index is -0.851. The van der Waals surface area contributed by atoms with E-state index in [1.165, 1.54) is 6.08 Å². The van der Waals surface area contributed by atoms with Crippen LogP contribution in [0.5, 0.6) is 0 Å². The van der Waals surface area contributed by atoms with Gasteiger partial charge in [-0.3, -0.25) is 0 Å². The molecule has 0 bridgehead atoms. The number of hydrogen-bond acceptors (Lipinski definition) is 2. The van der Waals surface area contributed by atoms with E-state index in [4.69, 9.17) is 5.11 Å². The number of carboxylic acids is 1. The lowest BCUT2D eigenvalue weighted by molar-refractivity contribution is -0.131. The van der Waals surface area contributed by atoms with E-state index >= 15 is 0 Å². The third kappa shape index (κ3) is 3.18. The fraction of sp³-hybridized carbons (Fsp3) is 0.625. The van der Waals surface area contributed by atoms with Gasteiger partial charge in [-0.2, -0.15) is 0 Å². The first kappa shape index (κ1) is 8.27. The number of aliphatic carboxylic acids is 1. The maximum absolute atomic E-state index is 10.1. The van der Waals surface area contributed by atoms with Crippen LogP contribution in [0.4, 0.5) is 0 Å². The second-order valence-corrected chi connectivity index (χ2v) is 2.80. The number of nitrogens with one attached hydrogen (secondary N) is 1. The van der Waals surface area contributed by atoms with Crippen LogP contribution < -0.4 is 5.32 Å². The SMILES string of the molecule is O=C(O)/C=C\C1CCCNC1. The van der Waals surface area contributed by atoms with Crippen molar-refractivity contribution in [2.24, 2.45) is 5.92 Å². The van der Waals surface area contributed by atoms with Gasteiger partial charge in [0.1, 0.15) is 0 Å². The van der Waals surface area contributed by atoms with Crippen molar-refractivity contribution in [3.63, 3.8) is 0 Å². The number of piperidine rings is 1. The topological polar surface area (TPSA) is 49.3 Å². The van der Waals surface area contributed by atoms with Crippen LogP contribution in [0.25, 0.3) is 0 Å². The van der Waals surface area contributed by atoms with Crippen LogP contribution in [-0.2, 0) is 4.79 Å². The molecule has 1 rings (SSSR count). The first-order valence-electron chi connectivity index (χ1n) is 3.91. The molecule has 0 aromatic rings. The summed E-state index contributed by atoms with van der Waals surface area (Å²) in [6.07, 6.45) is 5.26. The van der Waals surface area contributed by atoms with Gasteiger partial charge >= 0.3 is 5.97 Å². The van der Waals surface area contributed by atoms with Gasteiger partial charge in [-0.1, -0.05) is 6.08 Å². The summed E-state index contributed by atoms with van der Waals surface area (Å²) in [5.74, 6) is -0.435. The van der Waals surface area contributed by atoms with Gasteiger partial charge in [0.2, 0.25) is 0 Å². The Balaban J connectivity index is 2.29. The standard InChI is InChI=1S/C8H13NO2/c10-8(11)4-3-7-2-1-5-9-6-7/h3-4,7,9H,1-2,5-6H2,(H,10,11)/b4-3-. The van der Waals surface area contributed by atoms with Gasteiger partial charge < -0.3 is 10.4 Å².